The van der Waals surface area contributed by atoms with Crippen molar-refractivity contribution in [1.82, 2.24) is 10.2 Å². The maximum atomic E-state index is 12.6. The lowest BCUT2D eigenvalue weighted by Gasteiger charge is -2.26. The summed E-state index contributed by atoms with van der Waals surface area (Å²) in [5.74, 6) is 0.293. The normalized spacial score (nSPS) is 15.9. The lowest BCUT2D eigenvalue weighted by molar-refractivity contribution is -0.121. The number of carbonyl (C=O) groups is 2. The zero-order chi connectivity index (χ0) is 24.9. The molecule has 11 heteroatoms. The van der Waals surface area contributed by atoms with E-state index in [2.05, 4.69) is 11.9 Å². The second kappa shape index (κ2) is 11.5. The van der Waals surface area contributed by atoms with Crippen molar-refractivity contribution in [2.45, 2.75) is 10.0 Å². The average molecular weight is 558 g/mol. The fraction of sp³-hybridized carbons (Fsp3) is 0.174. The van der Waals surface area contributed by atoms with Gasteiger partial charge < -0.3 is 14.8 Å². The Balaban J connectivity index is 1.71. The van der Waals surface area contributed by atoms with Crippen LogP contribution in [-0.2, 0) is 4.79 Å². The minimum absolute atomic E-state index is 0.173. The van der Waals surface area contributed by atoms with Gasteiger partial charge in [0.1, 0.15) is 15.8 Å². The van der Waals surface area contributed by atoms with Crippen LogP contribution in [0.25, 0.3) is 6.08 Å². The summed E-state index contributed by atoms with van der Waals surface area (Å²) in [5, 5.41) is 2.57. The van der Waals surface area contributed by atoms with Crippen LogP contribution in [0.3, 0.4) is 0 Å². The van der Waals surface area contributed by atoms with Gasteiger partial charge in [0.15, 0.2) is 0 Å². The fourth-order valence-corrected chi connectivity index (χ4v) is 4.41. The second-order valence-electron chi connectivity index (χ2n) is 6.89. The molecule has 3 rings (SSSR count). The van der Waals surface area contributed by atoms with Gasteiger partial charge in [-0.1, -0.05) is 77.0 Å². The van der Waals surface area contributed by atoms with Gasteiger partial charge in [-0.2, -0.15) is 0 Å². The predicted molar refractivity (Wildman–Crippen MR) is 142 cm³/mol. The van der Waals surface area contributed by atoms with E-state index in [1.54, 1.807) is 60.7 Å². The zero-order valence-electron chi connectivity index (χ0n) is 17.8. The third-order valence-electron chi connectivity index (χ3n) is 4.53. The molecule has 1 aliphatic heterocycles. The molecule has 0 unspecified atom stereocenters. The number of hydrogen-bond donors (Lipinski definition) is 1. The largest absolute Gasteiger partial charge is 0.497 e. The Bertz CT molecular complexity index is 1120. The molecule has 178 valence electrons. The molecule has 1 heterocycles. The lowest BCUT2D eigenvalue weighted by Crippen LogP contribution is -2.47. The van der Waals surface area contributed by atoms with Crippen molar-refractivity contribution in [3.8, 4) is 11.5 Å². The number of nitrogens with zero attached hydrogens (tertiary/aromatic N) is 1. The van der Waals surface area contributed by atoms with Gasteiger partial charge in [0, 0.05) is 12.1 Å². The Kier molecular flexibility index (Phi) is 8.89. The molecule has 1 aliphatic rings. The van der Waals surface area contributed by atoms with E-state index in [4.69, 9.17) is 56.5 Å². The third kappa shape index (κ3) is 6.67. The van der Waals surface area contributed by atoms with E-state index >= 15 is 0 Å². The number of amides is 2. The van der Waals surface area contributed by atoms with Crippen LogP contribution in [0.15, 0.2) is 66.1 Å². The first-order chi connectivity index (χ1) is 16.1. The van der Waals surface area contributed by atoms with Gasteiger partial charge in [0.05, 0.1) is 12.0 Å². The highest BCUT2D eigenvalue weighted by Gasteiger charge is 2.36. The number of thioether (sulfide) groups is 1. The summed E-state index contributed by atoms with van der Waals surface area (Å²) >= 11 is 24.6. The number of hydrogen-bond acceptors (Lipinski definition) is 6. The Morgan fingerprint density at radius 1 is 1.18 bits per heavy atom. The molecule has 2 aromatic carbocycles. The monoisotopic (exact) mass is 556 g/mol. The van der Waals surface area contributed by atoms with E-state index in [-0.39, 0.29) is 5.91 Å². The molecule has 0 radical (unpaired) electrons. The average Bonchev–Trinajstić information content (AvgIpc) is 3.06. The van der Waals surface area contributed by atoms with Gasteiger partial charge in [-0.15, -0.1) is 6.58 Å². The van der Waals surface area contributed by atoms with E-state index in [0.29, 0.717) is 32.8 Å². The summed E-state index contributed by atoms with van der Waals surface area (Å²) in [7, 11) is 1.53. The van der Waals surface area contributed by atoms with Crippen LogP contribution < -0.4 is 14.8 Å². The number of ether oxygens (including phenoxy) is 2. The third-order valence-corrected chi connectivity index (χ3v) is 6.50. The van der Waals surface area contributed by atoms with Crippen LogP contribution >= 0.6 is 58.8 Å². The SMILES string of the molecule is C=CCN1C(=O)/C(=C/c2ccc(O[C@@H](NC(=O)c3ccc(OC)cc3)C(Cl)(Cl)Cl)cc2)SC1=S. The molecular weight excluding hydrogens is 539 g/mol. The Morgan fingerprint density at radius 2 is 1.79 bits per heavy atom. The molecule has 6 nitrogen and oxygen atoms in total. The first-order valence-electron chi connectivity index (χ1n) is 9.77. The molecule has 2 aromatic rings. The van der Waals surface area contributed by atoms with Gasteiger partial charge in [-0.05, 0) is 48.0 Å². The lowest BCUT2D eigenvalue weighted by atomic mass is 10.2. The predicted octanol–water partition coefficient (Wildman–Crippen LogP) is 5.59. The molecule has 0 bridgehead atoms. The van der Waals surface area contributed by atoms with Crippen molar-refractivity contribution < 1.29 is 19.1 Å². The van der Waals surface area contributed by atoms with Crippen molar-refractivity contribution in [3.63, 3.8) is 0 Å². The molecule has 1 saturated heterocycles. The van der Waals surface area contributed by atoms with Gasteiger partial charge in [0.25, 0.3) is 11.8 Å². The van der Waals surface area contributed by atoms with Crippen LogP contribution in [0.4, 0.5) is 0 Å². The van der Waals surface area contributed by atoms with Gasteiger partial charge in [-0.3, -0.25) is 14.5 Å². The summed E-state index contributed by atoms with van der Waals surface area (Å²) < 4.78 is 9.36. The molecule has 1 N–H and O–H groups in total. The van der Waals surface area contributed by atoms with E-state index in [1.165, 1.54) is 23.8 Å². The van der Waals surface area contributed by atoms with Crippen LogP contribution in [0.1, 0.15) is 15.9 Å². The number of nitrogens with one attached hydrogen (secondary N) is 1. The summed E-state index contributed by atoms with van der Waals surface area (Å²) in [5.41, 5.74) is 1.09. The van der Waals surface area contributed by atoms with Gasteiger partial charge >= 0.3 is 0 Å². The highest BCUT2D eigenvalue weighted by atomic mass is 35.6. The number of methoxy groups -OCH3 is 1. The summed E-state index contributed by atoms with van der Waals surface area (Å²) in [6.07, 6.45) is 2.08. The van der Waals surface area contributed by atoms with E-state index in [9.17, 15) is 9.59 Å². The number of halogens is 3. The Morgan fingerprint density at radius 3 is 2.35 bits per heavy atom. The minimum atomic E-state index is -1.94. The fourth-order valence-electron chi connectivity index (χ4n) is 2.84. The van der Waals surface area contributed by atoms with E-state index in [1.807, 2.05) is 0 Å². The second-order valence-corrected chi connectivity index (χ2v) is 10.9. The summed E-state index contributed by atoms with van der Waals surface area (Å²) in [6, 6.07) is 13.2. The van der Waals surface area contributed by atoms with E-state index < -0.39 is 15.9 Å². The molecule has 1 atom stereocenters. The molecule has 1 fully saturated rings. The number of alkyl halides is 3. The molecular formula is C23H19Cl3N2O4S2. The van der Waals surface area contributed by atoms with Crippen molar-refractivity contribution >= 4 is 81.0 Å². The molecule has 0 aliphatic carbocycles. The van der Waals surface area contributed by atoms with Crippen LogP contribution in [0.5, 0.6) is 11.5 Å². The standard InChI is InChI=1S/C23H19Cl3N2O4S2/c1-3-12-28-20(30)18(34-22(28)33)13-14-4-8-17(9-5-14)32-21(23(24,25)26)27-19(29)15-6-10-16(31-2)11-7-15/h3-11,13,21H,1,12H2,2H3,(H,27,29)/b18-13-/t21-/m1/s1. The van der Waals surface area contributed by atoms with Crippen LogP contribution in [0, 0.1) is 0 Å². The molecule has 0 spiro atoms. The van der Waals surface area contributed by atoms with E-state index in [0.717, 1.165) is 5.56 Å². The van der Waals surface area contributed by atoms with Crippen molar-refractivity contribution in [3.05, 3.63) is 77.2 Å². The zero-order valence-corrected chi connectivity index (χ0v) is 21.7. The first-order valence-corrected chi connectivity index (χ1v) is 12.1. The van der Waals surface area contributed by atoms with Crippen molar-refractivity contribution in [2.24, 2.45) is 0 Å². The van der Waals surface area contributed by atoms with Crippen molar-refractivity contribution in [2.75, 3.05) is 13.7 Å². The maximum absolute atomic E-state index is 12.6. The molecule has 0 aromatic heterocycles. The number of rotatable bonds is 8. The smallest absolute Gasteiger partial charge is 0.266 e. The van der Waals surface area contributed by atoms with Crippen molar-refractivity contribution in [1.29, 1.82) is 0 Å². The van der Waals surface area contributed by atoms with Gasteiger partial charge in [-0.25, -0.2) is 0 Å². The van der Waals surface area contributed by atoms with Crippen LogP contribution in [0.2, 0.25) is 0 Å². The molecule has 2 amide bonds. The summed E-state index contributed by atoms with van der Waals surface area (Å²) in [4.78, 5) is 27.1. The highest BCUT2D eigenvalue weighted by Crippen LogP contribution is 2.34. The Hall–Kier alpha value is -2.23. The van der Waals surface area contributed by atoms with Gasteiger partial charge in [0.2, 0.25) is 10.0 Å². The molecule has 34 heavy (non-hydrogen) atoms. The minimum Gasteiger partial charge on any atom is -0.497 e. The first kappa shape index (κ1) is 26.4. The quantitative estimate of drug-likeness (QED) is 0.150. The Labute approximate surface area is 221 Å². The number of carbonyl (C=O) groups excluding carboxylic acids is 2. The maximum Gasteiger partial charge on any atom is 0.266 e. The molecule has 0 saturated carbocycles. The topological polar surface area (TPSA) is 67.9 Å². The highest BCUT2D eigenvalue weighted by molar-refractivity contribution is 8.26. The number of thiocarbonyl (C=S) groups is 1. The summed E-state index contributed by atoms with van der Waals surface area (Å²) in [6.45, 7) is 4.00. The van der Waals surface area contributed by atoms with Crippen LogP contribution in [-0.4, -0.2) is 44.7 Å². The number of benzene rings is 2.